The lowest BCUT2D eigenvalue weighted by atomic mass is 9.89. The quantitative estimate of drug-likeness (QED) is 0.333. The van der Waals surface area contributed by atoms with E-state index in [-0.39, 0.29) is 6.04 Å². The van der Waals surface area contributed by atoms with Crippen LogP contribution in [-0.2, 0) is 17.8 Å². The number of nitrogens with one attached hydrogen (secondary N) is 2. The van der Waals surface area contributed by atoms with Crippen LogP contribution < -0.4 is 19.7 Å². The predicted molar refractivity (Wildman–Crippen MR) is 152 cm³/mol. The number of methoxy groups -OCH3 is 2. The lowest BCUT2D eigenvalue weighted by Gasteiger charge is -2.37. The Kier molecular flexibility index (Phi) is 6.89. The zero-order valence-electron chi connectivity index (χ0n) is 22.3. The summed E-state index contributed by atoms with van der Waals surface area (Å²) in [5, 5.41) is 14.4. The van der Waals surface area contributed by atoms with Crippen molar-refractivity contribution >= 4 is 22.6 Å². The predicted octanol–water partition coefficient (Wildman–Crippen LogP) is 4.20. The van der Waals surface area contributed by atoms with E-state index in [1.54, 1.807) is 14.2 Å². The summed E-state index contributed by atoms with van der Waals surface area (Å²) in [4.78, 5) is 20.5. The van der Waals surface area contributed by atoms with Crippen LogP contribution in [0.3, 0.4) is 0 Å². The molecule has 1 aromatic heterocycles. The molecular formula is C31H34N4O4. The van der Waals surface area contributed by atoms with Gasteiger partial charge in [-0.05, 0) is 41.5 Å². The molecule has 3 N–H and O–H groups in total. The zero-order chi connectivity index (χ0) is 26.9. The second-order valence-electron chi connectivity index (χ2n) is 10.3. The fourth-order valence-corrected chi connectivity index (χ4v) is 6.04. The van der Waals surface area contributed by atoms with Gasteiger partial charge in [-0.1, -0.05) is 36.4 Å². The van der Waals surface area contributed by atoms with E-state index < -0.39 is 12.0 Å². The maximum absolute atomic E-state index is 12.1. The maximum atomic E-state index is 12.1. The molecule has 1 saturated heterocycles. The third-order valence-electron chi connectivity index (χ3n) is 8.04. The highest BCUT2D eigenvalue weighted by Crippen LogP contribution is 2.37. The topological polar surface area (TPSA) is 90.1 Å². The number of nitrogens with zero attached hydrogens (tertiary/aromatic N) is 2. The number of fused-ring (bicyclic) bond motifs is 3. The van der Waals surface area contributed by atoms with Gasteiger partial charge in [0.1, 0.15) is 17.5 Å². The Bertz CT molecular complexity index is 1490. The standard InChI is InChI=1S/C31H34N4O4/c1-38-27-12-11-20(29-30-23(18-25(33-29)31(36)37)22-7-3-4-8-24(22)32-30)17-21(27)19-34-13-15-35(16-14-34)26-9-5-6-10-28(26)39-2/h3-12,17,25,29,32-33H,13-16,18-19H2,1-2H3,(H,36,37)/t25-,29-/m0/s1. The van der Waals surface area contributed by atoms with Crippen molar-refractivity contribution in [1.82, 2.24) is 15.2 Å². The highest BCUT2D eigenvalue weighted by molar-refractivity contribution is 5.87. The molecule has 1 fully saturated rings. The van der Waals surface area contributed by atoms with E-state index in [1.807, 2.05) is 48.5 Å². The summed E-state index contributed by atoms with van der Waals surface area (Å²) in [5.74, 6) is 0.905. The molecule has 2 aliphatic heterocycles. The lowest BCUT2D eigenvalue weighted by molar-refractivity contribution is -0.139. The highest BCUT2D eigenvalue weighted by Gasteiger charge is 2.34. The lowest BCUT2D eigenvalue weighted by Crippen LogP contribution is -2.46. The number of carboxylic acids is 1. The fraction of sp³-hybridized carbons (Fsp3) is 0.323. The zero-order valence-corrected chi connectivity index (χ0v) is 22.3. The molecule has 4 aromatic rings. The minimum absolute atomic E-state index is 0.255. The number of carbonyl (C=O) groups is 1. The number of benzene rings is 3. The molecule has 39 heavy (non-hydrogen) atoms. The summed E-state index contributed by atoms with van der Waals surface area (Å²) in [6.45, 7) is 4.41. The minimum Gasteiger partial charge on any atom is -0.496 e. The summed E-state index contributed by atoms with van der Waals surface area (Å²) in [7, 11) is 3.42. The molecule has 0 radical (unpaired) electrons. The van der Waals surface area contributed by atoms with E-state index in [1.165, 1.54) is 0 Å². The third-order valence-corrected chi connectivity index (χ3v) is 8.04. The molecule has 0 bridgehead atoms. The van der Waals surface area contributed by atoms with Gasteiger partial charge < -0.3 is 24.5 Å². The van der Waals surface area contributed by atoms with Crippen LogP contribution in [0.2, 0.25) is 0 Å². The fourth-order valence-electron chi connectivity index (χ4n) is 6.04. The van der Waals surface area contributed by atoms with Gasteiger partial charge in [-0.3, -0.25) is 15.0 Å². The Morgan fingerprint density at radius 1 is 0.949 bits per heavy atom. The van der Waals surface area contributed by atoms with Gasteiger partial charge >= 0.3 is 5.97 Å². The maximum Gasteiger partial charge on any atom is 0.321 e. The van der Waals surface area contributed by atoms with Crippen LogP contribution in [0.1, 0.15) is 28.4 Å². The van der Waals surface area contributed by atoms with Gasteiger partial charge in [-0.2, -0.15) is 0 Å². The van der Waals surface area contributed by atoms with Crippen molar-refractivity contribution in [2.24, 2.45) is 0 Å². The number of aliphatic carboxylic acids is 1. The van der Waals surface area contributed by atoms with E-state index >= 15 is 0 Å². The number of hydrogen-bond donors (Lipinski definition) is 3. The van der Waals surface area contributed by atoms with Crippen molar-refractivity contribution in [2.45, 2.75) is 25.0 Å². The molecule has 2 aliphatic rings. The Labute approximate surface area is 228 Å². The molecule has 2 atom stereocenters. The number of carboxylic acid groups (broad SMARTS) is 1. The number of para-hydroxylation sites is 3. The van der Waals surface area contributed by atoms with Gasteiger partial charge in [-0.15, -0.1) is 0 Å². The summed E-state index contributed by atoms with van der Waals surface area (Å²) in [6.07, 6.45) is 0.449. The molecule has 3 heterocycles. The Balaban J connectivity index is 1.26. The van der Waals surface area contributed by atoms with Crippen LogP contribution in [0, 0.1) is 0 Å². The Morgan fingerprint density at radius 2 is 1.69 bits per heavy atom. The van der Waals surface area contributed by atoms with Crippen LogP contribution in [0.15, 0.2) is 66.7 Å². The number of hydrogen-bond acceptors (Lipinski definition) is 6. The van der Waals surface area contributed by atoms with Crippen molar-refractivity contribution in [2.75, 3.05) is 45.3 Å². The molecule has 0 saturated carbocycles. The largest absolute Gasteiger partial charge is 0.496 e. The number of rotatable bonds is 7. The van der Waals surface area contributed by atoms with Crippen LogP contribution in [-0.4, -0.2) is 67.4 Å². The summed E-state index contributed by atoms with van der Waals surface area (Å²) >= 11 is 0. The number of ether oxygens (including phenoxy) is 2. The minimum atomic E-state index is -0.836. The van der Waals surface area contributed by atoms with Crippen molar-refractivity contribution in [3.05, 3.63) is 89.1 Å². The summed E-state index contributed by atoms with van der Waals surface area (Å²) < 4.78 is 11.3. The number of H-pyrrole nitrogens is 1. The van der Waals surface area contributed by atoms with Gasteiger partial charge in [0.2, 0.25) is 0 Å². The molecule has 0 amide bonds. The first-order valence-electron chi connectivity index (χ1n) is 13.4. The first-order chi connectivity index (χ1) is 19.1. The first-order valence-corrected chi connectivity index (χ1v) is 13.4. The third kappa shape index (κ3) is 4.82. The van der Waals surface area contributed by atoms with Gasteiger partial charge in [0, 0.05) is 61.3 Å². The van der Waals surface area contributed by atoms with Crippen LogP contribution in [0.25, 0.3) is 10.9 Å². The molecule has 8 heteroatoms. The molecule has 0 aliphatic carbocycles. The number of aromatic nitrogens is 1. The van der Waals surface area contributed by atoms with E-state index in [0.717, 1.165) is 83.2 Å². The van der Waals surface area contributed by atoms with Crippen LogP contribution in [0.5, 0.6) is 11.5 Å². The first kappa shape index (κ1) is 25.3. The van der Waals surface area contributed by atoms with Crippen molar-refractivity contribution in [1.29, 1.82) is 0 Å². The van der Waals surface area contributed by atoms with E-state index in [4.69, 9.17) is 9.47 Å². The average Bonchev–Trinajstić information content (AvgIpc) is 3.36. The molecule has 0 unspecified atom stereocenters. The van der Waals surface area contributed by atoms with Crippen molar-refractivity contribution < 1.29 is 19.4 Å². The summed E-state index contributed by atoms with van der Waals surface area (Å²) in [5.41, 5.74) is 6.39. The Hall–Kier alpha value is -4.01. The number of piperazine rings is 1. The molecule has 8 nitrogen and oxygen atoms in total. The molecule has 0 spiro atoms. The van der Waals surface area contributed by atoms with Crippen molar-refractivity contribution in [3.63, 3.8) is 0 Å². The number of anilines is 1. The van der Waals surface area contributed by atoms with Crippen LogP contribution in [0.4, 0.5) is 5.69 Å². The van der Waals surface area contributed by atoms with E-state index in [9.17, 15) is 9.90 Å². The molecule has 3 aromatic carbocycles. The monoisotopic (exact) mass is 526 g/mol. The average molecular weight is 527 g/mol. The Morgan fingerprint density at radius 3 is 2.46 bits per heavy atom. The molecular weight excluding hydrogens is 492 g/mol. The van der Waals surface area contributed by atoms with Gasteiger partial charge in [0.25, 0.3) is 0 Å². The highest BCUT2D eigenvalue weighted by atomic mass is 16.5. The number of aromatic amines is 1. The smallest absolute Gasteiger partial charge is 0.321 e. The van der Waals surface area contributed by atoms with Crippen LogP contribution >= 0.6 is 0 Å². The SMILES string of the molecule is COc1ccc([C@@H]2N[C@H](C(=O)O)Cc3c2[nH]c2ccccc32)cc1CN1CCN(c2ccccc2OC)CC1. The van der Waals surface area contributed by atoms with E-state index in [0.29, 0.717) is 6.42 Å². The molecule has 6 rings (SSSR count). The van der Waals surface area contributed by atoms with E-state index in [2.05, 4.69) is 38.3 Å². The summed E-state index contributed by atoms with van der Waals surface area (Å²) in [6, 6.07) is 21.6. The van der Waals surface area contributed by atoms with Gasteiger partial charge in [0.15, 0.2) is 0 Å². The second kappa shape index (κ2) is 10.6. The van der Waals surface area contributed by atoms with Gasteiger partial charge in [-0.25, -0.2) is 0 Å². The van der Waals surface area contributed by atoms with Gasteiger partial charge in [0.05, 0.1) is 25.9 Å². The normalized spacial score (nSPS) is 19.6. The van der Waals surface area contributed by atoms with Crippen molar-refractivity contribution in [3.8, 4) is 11.5 Å². The molecule has 202 valence electrons. The second-order valence-corrected chi connectivity index (χ2v) is 10.3.